The number of rotatable bonds is 11. The summed E-state index contributed by atoms with van der Waals surface area (Å²) in [6.07, 6.45) is 13.5. The van der Waals surface area contributed by atoms with Gasteiger partial charge in [-0.25, -0.2) is 4.98 Å². The molecule has 0 spiro atoms. The van der Waals surface area contributed by atoms with Gasteiger partial charge in [0.2, 0.25) is 0 Å². The Morgan fingerprint density at radius 2 is 1.77 bits per heavy atom. The number of aromatic nitrogens is 2. The van der Waals surface area contributed by atoms with Crippen LogP contribution in [0.5, 0.6) is 0 Å². The van der Waals surface area contributed by atoms with Crippen molar-refractivity contribution in [3.63, 3.8) is 0 Å². The highest BCUT2D eigenvalue weighted by atomic mass is 16.5. The van der Waals surface area contributed by atoms with E-state index in [9.17, 15) is 0 Å². The van der Waals surface area contributed by atoms with Gasteiger partial charge in [0, 0.05) is 19.0 Å². The third kappa shape index (κ3) is 5.43. The fraction of sp³-hybridized carbons (Fsp3) is 0.435. The molecule has 0 radical (unpaired) electrons. The van der Waals surface area contributed by atoms with Crippen molar-refractivity contribution < 1.29 is 4.74 Å². The number of hydrogen-bond acceptors (Lipinski definition) is 2. The van der Waals surface area contributed by atoms with Gasteiger partial charge in [0.25, 0.3) is 0 Å². The Kier molecular flexibility index (Phi) is 7.26. The molecule has 0 saturated heterocycles. The second-order valence-corrected chi connectivity index (χ2v) is 6.99. The first-order chi connectivity index (χ1) is 12.9. The second kappa shape index (κ2) is 10.1. The fourth-order valence-electron chi connectivity index (χ4n) is 3.36. The molecule has 0 saturated carbocycles. The lowest BCUT2D eigenvalue weighted by Crippen LogP contribution is -2.13. The number of ether oxygens (including phenoxy) is 1. The van der Waals surface area contributed by atoms with Crippen molar-refractivity contribution in [1.29, 1.82) is 0 Å². The molecule has 0 fully saturated rings. The second-order valence-electron chi connectivity index (χ2n) is 6.99. The SMILES string of the molecule is CCCCCCCCOC(Cn1ccnc1)c1ccc2ccccc2c1. The van der Waals surface area contributed by atoms with Crippen LogP contribution in [0, 0.1) is 0 Å². The molecule has 1 aromatic heterocycles. The van der Waals surface area contributed by atoms with Crippen LogP contribution in [0.15, 0.2) is 61.2 Å². The summed E-state index contributed by atoms with van der Waals surface area (Å²) in [6.45, 7) is 3.87. The van der Waals surface area contributed by atoms with E-state index in [0.717, 1.165) is 19.6 Å². The Balaban J connectivity index is 1.62. The van der Waals surface area contributed by atoms with Crippen molar-refractivity contribution in [3.8, 4) is 0 Å². The van der Waals surface area contributed by atoms with E-state index in [0.29, 0.717) is 0 Å². The summed E-state index contributed by atoms with van der Waals surface area (Å²) < 4.78 is 8.41. The number of nitrogens with zero attached hydrogens (tertiary/aromatic N) is 2. The Hall–Kier alpha value is -2.13. The third-order valence-corrected chi connectivity index (χ3v) is 4.90. The van der Waals surface area contributed by atoms with Crippen molar-refractivity contribution in [3.05, 3.63) is 66.7 Å². The zero-order valence-corrected chi connectivity index (χ0v) is 15.8. The Labute approximate surface area is 157 Å². The van der Waals surface area contributed by atoms with Crippen LogP contribution in [0.1, 0.15) is 57.1 Å². The largest absolute Gasteiger partial charge is 0.372 e. The zero-order valence-electron chi connectivity index (χ0n) is 15.8. The first-order valence-electron chi connectivity index (χ1n) is 9.93. The first-order valence-corrected chi connectivity index (χ1v) is 9.93. The van der Waals surface area contributed by atoms with Gasteiger partial charge in [0.1, 0.15) is 6.10 Å². The Morgan fingerprint density at radius 1 is 0.962 bits per heavy atom. The molecule has 1 heterocycles. The van der Waals surface area contributed by atoms with Crippen LogP contribution in [0.4, 0.5) is 0 Å². The molecule has 3 rings (SSSR count). The van der Waals surface area contributed by atoms with Crippen LogP contribution >= 0.6 is 0 Å². The molecule has 1 atom stereocenters. The van der Waals surface area contributed by atoms with E-state index in [-0.39, 0.29) is 6.10 Å². The predicted octanol–water partition coefficient (Wildman–Crippen LogP) is 6.15. The van der Waals surface area contributed by atoms with E-state index in [2.05, 4.69) is 58.9 Å². The Bertz CT molecular complexity index is 767. The fourth-order valence-corrected chi connectivity index (χ4v) is 3.36. The molecule has 0 aliphatic carbocycles. The van der Waals surface area contributed by atoms with Crippen LogP contribution in [-0.2, 0) is 11.3 Å². The summed E-state index contributed by atoms with van der Waals surface area (Å²) in [5.41, 5.74) is 1.24. The van der Waals surface area contributed by atoms with Gasteiger partial charge in [-0.15, -0.1) is 0 Å². The van der Waals surface area contributed by atoms with Gasteiger partial charge in [-0.05, 0) is 28.8 Å². The molecule has 2 aromatic carbocycles. The molecule has 0 bridgehead atoms. The highest BCUT2D eigenvalue weighted by Gasteiger charge is 2.13. The van der Waals surface area contributed by atoms with Crippen molar-refractivity contribution in [2.75, 3.05) is 6.61 Å². The van der Waals surface area contributed by atoms with Gasteiger partial charge >= 0.3 is 0 Å². The number of imidazole rings is 1. The molecule has 1 unspecified atom stereocenters. The zero-order chi connectivity index (χ0) is 18.0. The molecule has 26 heavy (non-hydrogen) atoms. The standard InChI is InChI=1S/C23H30N2O/c1-2-3-4-5-6-9-16-26-23(18-25-15-14-24-19-25)22-13-12-20-10-7-8-11-21(20)17-22/h7-8,10-15,17,19,23H,2-6,9,16,18H2,1H3. The molecule has 0 aliphatic rings. The number of benzene rings is 2. The van der Waals surface area contributed by atoms with E-state index in [1.54, 1.807) is 0 Å². The summed E-state index contributed by atoms with van der Waals surface area (Å²) in [7, 11) is 0. The lowest BCUT2D eigenvalue weighted by Gasteiger charge is -2.19. The van der Waals surface area contributed by atoms with Crippen molar-refractivity contribution in [2.24, 2.45) is 0 Å². The first kappa shape index (κ1) is 18.7. The van der Waals surface area contributed by atoms with Gasteiger partial charge in [-0.2, -0.15) is 0 Å². The van der Waals surface area contributed by atoms with Gasteiger partial charge in [-0.1, -0.05) is 75.4 Å². The number of unbranched alkanes of at least 4 members (excludes halogenated alkanes) is 5. The molecule has 3 nitrogen and oxygen atoms in total. The summed E-state index contributed by atoms with van der Waals surface area (Å²) in [4.78, 5) is 4.16. The molecule has 3 aromatic rings. The molecule has 138 valence electrons. The predicted molar refractivity (Wildman–Crippen MR) is 108 cm³/mol. The minimum absolute atomic E-state index is 0.0597. The van der Waals surface area contributed by atoms with Crippen LogP contribution < -0.4 is 0 Å². The molecule has 0 aliphatic heterocycles. The highest BCUT2D eigenvalue weighted by Crippen LogP contribution is 2.25. The van der Waals surface area contributed by atoms with Crippen LogP contribution in [0.2, 0.25) is 0 Å². The van der Waals surface area contributed by atoms with Crippen molar-refractivity contribution in [2.45, 2.75) is 58.1 Å². The topological polar surface area (TPSA) is 27.1 Å². The van der Waals surface area contributed by atoms with E-state index < -0.39 is 0 Å². The summed E-state index contributed by atoms with van der Waals surface area (Å²) in [5, 5.41) is 2.54. The summed E-state index contributed by atoms with van der Waals surface area (Å²) in [6, 6.07) is 15.2. The van der Waals surface area contributed by atoms with Gasteiger partial charge in [-0.3, -0.25) is 0 Å². The normalized spacial score (nSPS) is 12.5. The maximum atomic E-state index is 6.31. The van der Waals surface area contributed by atoms with E-state index in [1.165, 1.54) is 48.4 Å². The van der Waals surface area contributed by atoms with Crippen LogP contribution in [0.3, 0.4) is 0 Å². The molecular formula is C23H30N2O. The number of hydrogen-bond donors (Lipinski definition) is 0. The average Bonchev–Trinajstić information content (AvgIpc) is 3.19. The highest BCUT2D eigenvalue weighted by molar-refractivity contribution is 5.83. The molecule has 0 amide bonds. The minimum atomic E-state index is 0.0597. The smallest absolute Gasteiger partial charge is 0.100 e. The molecular weight excluding hydrogens is 320 g/mol. The Morgan fingerprint density at radius 3 is 2.58 bits per heavy atom. The van der Waals surface area contributed by atoms with E-state index in [4.69, 9.17) is 4.74 Å². The van der Waals surface area contributed by atoms with Gasteiger partial charge in [0.15, 0.2) is 0 Å². The maximum absolute atomic E-state index is 6.31. The summed E-state index contributed by atoms with van der Waals surface area (Å²) >= 11 is 0. The lowest BCUT2D eigenvalue weighted by molar-refractivity contribution is 0.0380. The van der Waals surface area contributed by atoms with E-state index in [1.807, 2.05) is 18.7 Å². The van der Waals surface area contributed by atoms with Gasteiger partial charge in [0.05, 0.1) is 12.9 Å². The average molecular weight is 351 g/mol. The van der Waals surface area contributed by atoms with Gasteiger partial charge < -0.3 is 9.30 Å². The monoisotopic (exact) mass is 350 g/mol. The quantitative estimate of drug-likeness (QED) is 0.388. The molecule has 0 N–H and O–H groups in total. The summed E-state index contributed by atoms with van der Waals surface area (Å²) in [5.74, 6) is 0. The third-order valence-electron chi connectivity index (χ3n) is 4.90. The lowest BCUT2D eigenvalue weighted by atomic mass is 10.0. The minimum Gasteiger partial charge on any atom is -0.372 e. The van der Waals surface area contributed by atoms with Crippen molar-refractivity contribution >= 4 is 10.8 Å². The van der Waals surface area contributed by atoms with Crippen molar-refractivity contribution in [1.82, 2.24) is 9.55 Å². The van der Waals surface area contributed by atoms with Crippen LogP contribution in [0.25, 0.3) is 10.8 Å². The number of fused-ring (bicyclic) bond motifs is 1. The maximum Gasteiger partial charge on any atom is 0.100 e. The van der Waals surface area contributed by atoms with Crippen LogP contribution in [-0.4, -0.2) is 16.2 Å². The molecule has 3 heteroatoms. The van der Waals surface area contributed by atoms with E-state index >= 15 is 0 Å².